The lowest BCUT2D eigenvalue weighted by molar-refractivity contribution is 0.102. The van der Waals surface area contributed by atoms with Crippen LogP contribution in [0, 0.1) is 13.8 Å². The molecule has 2 N–H and O–H groups in total. The fraction of sp³-hybridized carbons (Fsp3) is 0.133. The number of rotatable bonds is 2. The largest absolute Gasteiger partial charge is 0.508 e. The fourth-order valence-corrected chi connectivity index (χ4v) is 1.68. The molecule has 0 heterocycles. The van der Waals surface area contributed by atoms with E-state index in [1.807, 2.05) is 31.2 Å². The molecule has 0 saturated carbocycles. The van der Waals surface area contributed by atoms with Crippen molar-refractivity contribution in [3.63, 3.8) is 0 Å². The van der Waals surface area contributed by atoms with Gasteiger partial charge in [-0.15, -0.1) is 0 Å². The molecular weight excluding hydrogens is 226 g/mol. The van der Waals surface area contributed by atoms with Gasteiger partial charge in [-0.2, -0.15) is 0 Å². The summed E-state index contributed by atoms with van der Waals surface area (Å²) in [5.74, 6) is -0.0946. The number of aromatic hydroxyl groups is 1. The third-order valence-corrected chi connectivity index (χ3v) is 2.75. The van der Waals surface area contributed by atoms with E-state index in [1.54, 1.807) is 19.1 Å². The minimum atomic E-state index is -0.226. The van der Waals surface area contributed by atoms with Crippen LogP contribution < -0.4 is 5.32 Å². The number of benzene rings is 2. The summed E-state index contributed by atoms with van der Waals surface area (Å²) in [4.78, 5) is 12.0. The molecule has 2 rings (SSSR count). The molecule has 92 valence electrons. The van der Waals surface area contributed by atoms with E-state index in [9.17, 15) is 9.90 Å². The summed E-state index contributed by atoms with van der Waals surface area (Å²) in [5.41, 5.74) is 3.03. The van der Waals surface area contributed by atoms with E-state index < -0.39 is 0 Å². The zero-order valence-electron chi connectivity index (χ0n) is 10.4. The van der Waals surface area contributed by atoms with Crippen molar-refractivity contribution < 1.29 is 9.90 Å². The van der Waals surface area contributed by atoms with Gasteiger partial charge in [0.25, 0.3) is 5.91 Å². The molecule has 0 atom stereocenters. The Kier molecular flexibility index (Phi) is 3.33. The Morgan fingerprint density at radius 2 is 1.89 bits per heavy atom. The third-order valence-electron chi connectivity index (χ3n) is 2.75. The maximum Gasteiger partial charge on any atom is 0.255 e. The molecule has 3 nitrogen and oxygen atoms in total. The summed E-state index contributed by atoms with van der Waals surface area (Å²) in [5, 5.41) is 12.4. The van der Waals surface area contributed by atoms with E-state index in [2.05, 4.69) is 5.32 Å². The maximum atomic E-state index is 12.0. The summed E-state index contributed by atoms with van der Waals surface area (Å²) in [6, 6.07) is 12.5. The Morgan fingerprint density at radius 3 is 2.56 bits per heavy atom. The minimum Gasteiger partial charge on any atom is -0.508 e. The van der Waals surface area contributed by atoms with Gasteiger partial charge in [0, 0.05) is 11.3 Å². The molecule has 0 aliphatic carbocycles. The number of aryl methyl sites for hydroxylation is 2. The van der Waals surface area contributed by atoms with Crippen LogP contribution in [0.3, 0.4) is 0 Å². The number of phenolic OH excluding ortho intramolecular Hbond substituents is 1. The summed E-state index contributed by atoms with van der Waals surface area (Å²) in [6.07, 6.45) is 0. The van der Waals surface area contributed by atoms with Gasteiger partial charge in [-0.25, -0.2) is 0 Å². The van der Waals surface area contributed by atoms with Crippen LogP contribution in [-0.2, 0) is 0 Å². The second-order valence-corrected chi connectivity index (χ2v) is 4.32. The van der Waals surface area contributed by atoms with Crippen molar-refractivity contribution in [1.82, 2.24) is 0 Å². The molecule has 0 aliphatic heterocycles. The van der Waals surface area contributed by atoms with Crippen molar-refractivity contribution in [3.8, 4) is 5.75 Å². The van der Waals surface area contributed by atoms with Crippen molar-refractivity contribution in [2.75, 3.05) is 5.32 Å². The predicted octanol–water partition coefficient (Wildman–Crippen LogP) is 3.26. The molecule has 0 radical (unpaired) electrons. The van der Waals surface area contributed by atoms with Gasteiger partial charge in [0.1, 0.15) is 5.75 Å². The number of hydrogen-bond donors (Lipinski definition) is 2. The number of carbonyl (C=O) groups excluding carboxylic acids is 1. The first-order chi connectivity index (χ1) is 8.56. The molecular formula is C15H15NO2. The molecule has 2 aromatic rings. The molecule has 0 fully saturated rings. The van der Waals surface area contributed by atoms with Gasteiger partial charge in [0.2, 0.25) is 0 Å². The average molecular weight is 241 g/mol. The van der Waals surface area contributed by atoms with Crippen LogP contribution in [0.4, 0.5) is 5.69 Å². The number of anilines is 1. The summed E-state index contributed by atoms with van der Waals surface area (Å²) >= 11 is 0. The summed E-state index contributed by atoms with van der Waals surface area (Å²) in [6.45, 7) is 3.75. The summed E-state index contributed by atoms with van der Waals surface area (Å²) < 4.78 is 0. The molecule has 1 amide bonds. The van der Waals surface area contributed by atoms with Gasteiger partial charge in [0.15, 0.2) is 0 Å². The first-order valence-corrected chi connectivity index (χ1v) is 5.74. The molecule has 18 heavy (non-hydrogen) atoms. The second-order valence-electron chi connectivity index (χ2n) is 4.32. The van der Waals surface area contributed by atoms with Crippen molar-refractivity contribution in [2.45, 2.75) is 13.8 Å². The van der Waals surface area contributed by atoms with E-state index in [1.165, 1.54) is 6.07 Å². The summed E-state index contributed by atoms with van der Waals surface area (Å²) in [7, 11) is 0. The van der Waals surface area contributed by atoms with Gasteiger partial charge in [-0.3, -0.25) is 4.79 Å². The highest BCUT2D eigenvalue weighted by Crippen LogP contribution is 2.18. The quantitative estimate of drug-likeness (QED) is 0.847. The molecule has 2 aromatic carbocycles. The lowest BCUT2D eigenvalue weighted by Gasteiger charge is -2.07. The van der Waals surface area contributed by atoms with Crippen LogP contribution in [0.5, 0.6) is 5.75 Å². The topological polar surface area (TPSA) is 49.3 Å². The zero-order valence-corrected chi connectivity index (χ0v) is 10.4. The number of phenols is 1. The zero-order chi connectivity index (χ0) is 13.1. The predicted molar refractivity (Wildman–Crippen MR) is 72.0 cm³/mol. The van der Waals surface area contributed by atoms with Crippen molar-refractivity contribution >= 4 is 11.6 Å². The monoisotopic (exact) mass is 241 g/mol. The number of carbonyl (C=O) groups is 1. The molecule has 3 heteroatoms. The van der Waals surface area contributed by atoms with Gasteiger partial charge < -0.3 is 10.4 Å². The average Bonchev–Trinajstić information content (AvgIpc) is 2.32. The van der Waals surface area contributed by atoms with Crippen LogP contribution in [0.15, 0.2) is 42.5 Å². The van der Waals surface area contributed by atoms with Crippen molar-refractivity contribution in [3.05, 3.63) is 59.2 Å². The molecule has 0 saturated heterocycles. The Balaban J connectivity index is 2.19. The van der Waals surface area contributed by atoms with Crippen LogP contribution in [0.25, 0.3) is 0 Å². The van der Waals surface area contributed by atoms with Gasteiger partial charge in [-0.1, -0.05) is 18.2 Å². The smallest absolute Gasteiger partial charge is 0.255 e. The van der Waals surface area contributed by atoms with E-state index in [-0.39, 0.29) is 11.7 Å². The van der Waals surface area contributed by atoms with E-state index in [0.717, 1.165) is 16.8 Å². The van der Waals surface area contributed by atoms with Crippen molar-refractivity contribution in [1.29, 1.82) is 0 Å². The number of nitrogens with one attached hydrogen (secondary N) is 1. The highest BCUT2D eigenvalue weighted by atomic mass is 16.3. The lowest BCUT2D eigenvalue weighted by atomic mass is 10.1. The highest BCUT2D eigenvalue weighted by molar-refractivity contribution is 6.04. The van der Waals surface area contributed by atoms with Gasteiger partial charge in [-0.05, 0) is 49.2 Å². The standard InChI is InChI=1S/C15H15NO2/c1-10-4-3-5-13(8-10)16-15(18)12-7-6-11(2)14(17)9-12/h3-9,17H,1-2H3,(H,16,18). The first kappa shape index (κ1) is 12.2. The Morgan fingerprint density at radius 1 is 1.11 bits per heavy atom. The van der Waals surface area contributed by atoms with Crippen molar-refractivity contribution in [2.24, 2.45) is 0 Å². The number of hydrogen-bond acceptors (Lipinski definition) is 2. The highest BCUT2D eigenvalue weighted by Gasteiger charge is 2.08. The first-order valence-electron chi connectivity index (χ1n) is 5.74. The van der Waals surface area contributed by atoms with E-state index >= 15 is 0 Å². The molecule has 0 spiro atoms. The Bertz CT molecular complexity index is 591. The minimum absolute atomic E-state index is 0.131. The van der Waals surface area contributed by atoms with Gasteiger partial charge >= 0.3 is 0 Å². The molecule has 0 aliphatic rings. The fourth-order valence-electron chi connectivity index (χ4n) is 1.68. The Hall–Kier alpha value is -2.29. The maximum absolute atomic E-state index is 12.0. The second kappa shape index (κ2) is 4.92. The van der Waals surface area contributed by atoms with Crippen LogP contribution in [-0.4, -0.2) is 11.0 Å². The number of amides is 1. The third kappa shape index (κ3) is 2.69. The normalized spacial score (nSPS) is 10.1. The van der Waals surface area contributed by atoms with Gasteiger partial charge in [0.05, 0.1) is 0 Å². The molecule has 0 unspecified atom stereocenters. The van der Waals surface area contributed by atoms with Crippen LogP contribution >= 0.6 is 0 Å². The SMILES string of the molecule is Cc1cccc(NC(=O)c2ccc(C)c(O)c2)c1. The van der Waals surface area contributed by atoms with E-state index in [4.69, 9.17) is 0 Å². The van der Waals surface area contributed by atoms with Crippen LogP contribution in [0.1, 0.15) is 21.5 Å². The van der Waals surface area contributed by atoms with E-state index in [0.29, 0.717) is 5.56 Å². The Labute approximate surface area is 106 Å². The lowest BCUT2D eigenvalue weighted by Crippen LogP contribution is -2.11. The van der Waals surface area contributed by atoms with Crippen LogP contribution in [0.2, 0.25) is 0 Å². The molecule has 0 bridgehead atoms. The molecule has 0 aromatic heterocycles.